The van der Waals surface area contributed by atoms with E-state index in [9.17, 15) is 4.79 Å². The monoisotopic (exact) mass is 434 g/mol. The number of halogens is 2. The molecule has 156 valence electrons. The lowest BCUT2D eigenvalue weighted by Crippen LogP contribution is -2.28. The van der Waals surface area contributed by atoms with E-state index in [4.69, 9.17) is 0 Å². The molecule has 2 N–H and O–H groups in total. The van der Waals surface area contributed by atoms with Crippen molar-refractivity contribution in [3.8, 4) is 0 Å². The first kappa shape index (κ1) is 23.2. The molecule has 0 saturated carbocycles. The summed E-state index contributed by atoms with van der Waals surface area (Å²) in [4.78, 5) is 16.6. The van der Waals surface area contributed by atoms with Gasteiger partial charge in [-0.1, -0.05) is 24.3 Å². The molecule has 1 aliphatic rings. The molecule has 1 aromatic heterocycles. The van der Waals surface area contributed by atoms with E-state index in [1.807, 2.05) is 36.7 Å². The Hall–Kier alpha value is -2.08. The van der Waals surface area contributed by atoms with Crippen LogP contribution < -0.4 is 10.6 Å². The van der Waals surface area contributed by atoms with Gasteiger partial charge in [0.2, 0.25) is 5.91 Å². The summed E-state index contributed by atoms with van der Waals surface area (Å²) in [7, 11) is 0. The molecule has 1 saturated heterocycles. The third-order valence-corrected chi connectivity index (χ3v) is 5.36. The van der Waals surface area contributed by atoms with Gasteiger partial charge in [-0.25, -0.2) is 4.98 Å². The Labute approximate surface area is 184 Å². The Morgan fingerprint density at radius 2 is 1.79 bits per heavy atom. The number of para-hydroxylation sites is 2. The number of carbonyl (C=O) groups is 1. The summed E-state index contributed by atoms with van der Waals surface area (Å²) < 4.78 is 2.14. The van der Waals surface area contributed by atoms with Gasteiger partial charge in [-0.15, -0.1) is 24.8 Å². The van der Waals surface area contributed by atoms with E-state index < -0.39 is 0 Å². The zero-order valence-electron chi connectivity index (χ0n) is 16.3. The van der Waals surface area contributed by atoms with Crippen LogP contribution in [0.2, 0.25) is 0 Å². The van der Waals surface area contributed by atoms with E-state index in [2.05, 4.69) is 38.4 Å². The van der Waals surface area contributed by atoms with Crippen molar-refractivity contribution >= 4 is 47.4 Å². The molecule has 0 unspecified atom stereocenters. The first-order chi connectivity index (χ1) is 13.3. The predicted molar refractivity (Wildman–Crippen MR) is 123 cm³/mol. The zero-order valence-corrected chi connectivity index (χ0v) is 18.0. The van der Waals surface area contributed by atoms with Gasteiger partial charge in [0.05, 0.1) is 17.4 Å². The van der Waals surface area contributed by atoms with Crippen LogP contribution in [0.1, 0.15) is 31.2 Å². The van der Waals surface area contributed by atoms with Crippen LogP contribution in [0.15, 0.2) is 54.9 Å². The molecule has 3 aromatic rings. The first-order valence-corrected chi connectivity index (χ1v) is 9.77. The lowest BCUT2D eigenvalue weighted by Gasteiger charge is -2.22. The van der Waals surface area contributed by atoms with Crippen molar-refractivity contribution in [1.29, 1.82) is 0 Å². The third-order valence-electron chi connectivity index (χ3n) is 5.36. The molecular formula is C22H28Cl2N4O. The lowest BCUT2D eigenvalue weighted by molar-refractivity contribution is -0.116. The number of piperidine rings is 1. The van der Waals surface area contributed by atoms with Gasteiger partial charge < -0.3 is 15.2 Å². The van der Waals surface area contributed by atoms with Crippen LogP contribution in [0.3, 0.4) is 0 Å². The van der Waals surface area contributed by atoms with Gasteiger partial charge in [-0.3, -0.25) is 4.79 Å². The Morgan fingerprint density at radius 3 is 2.55 bits per heavy atom. The van der Waals surface area contributed by atoms with Crippen molar-refractivity contribution in [2.24, 2.45) is 5.92 Å². The van der Waals surface area contributed by atoms with E-state index in [-0.39, 0.29) is 30.7 Å². The normalized spacial score (nSPS) is 14.1. The molecule has 1 amide bonds. The minimum absolute atomic E-state index is 0. The molecule has 7 heteroatoms. The van der Waals surface area contributed by atoms with Crippen molar-refractivity contribution in [3.63, 3.8) is 0 Å². The Morgan fingerprint density at radius 1 is 1.07 bits per heavy atom. The predicted octanol–water partition coefficient (Wildman–Crippen LogP) is 4.65. The van der Waals surface area contributed by atoms with Crippen LogP contribution in [0, 0.1) is 5.92 Å². The number of aromatic nitrogens is 2. The molecule has 0 radical (unpaired) electrons. The van der Waals surface area contributed by atoms with Crippen LogP contribution >= 0.6 is 24.8 Å². The number of anilines is 1. The second-order valence-electron chi connectivity index (χ2n) is 7.34. The summed E-state index contributed by atoms with van der Waals surface area (Å²) >= 11 is 0. The maximum absolute atomic E-state index is 12.2. The maximum Gasteiger partial charge on any atom is 0.224 e. The summed E-state index contributed by atoms with van der Waals surface area (Å²) in [6, 6.07) is 16.2. The van der Waals surface area contributed by atoms with Crippen LogP contribution in [-0.4, -0.2) is 28.5 Å². The standard InChI is InChI=1S/C22H26N4O.2ClH/c27-22(10-7-17-11-13-23-14-12-17)25-19-8-5-18(6-9-19)15-26-16-24-20-3-1-2-4-21(20)26;;/h1-6,8-9,16-17,23H,7,10-15H2,(H,25,27);2*1H. The molecule has 0 atom stereocenters. The number of fused-ring (bicyclic) bond motifs is 1. The fraction of sp³-hybridized carbons (Fsp3) is 0.364. The average Bonchev–Trinajstić information content (AvgIpc) is 3.12. The van der Waals surface area contributed by atoms with E-state index in [0.717, 1.165) is 42.8 Å². The highest BCUT2D eigenvalue weighted by Crippen LogP contribution is 2.19. The minimum Gasteiger partial charge on any atom is -0.326 e. The molecule has 29 heavy (non-hydrogen) atoms. The Bertz CT molecular complexity index is 905. The largest absolute Gasteiger partial charge is 0.326 e. The van der Waals surface area contributed by atoms with E-state index >= 15 is 0 Å². The molecule has 1 fully saturated rings. The van der Waals surface area contributed by atoms with Crippen LogP contribution in [0.25, 0.3) is 11.0 Å². The maximum atomic E-state index is 12.2. The van der Waals surface area contributed by atoms with Crippen LogP contribution in [0.5, 0.6) is 0 Å². The molecule has 0 aliphatic carbocycles. The number of carbonyl (C=O) groups excluding carboxylic acids is 1. The second-order valence-corrected chi connectivity index (χ2v) is 7.34. The van der Waals surface area contributed by atoms with Crippen LogP contribution in [-0.2, 0) is 11.3 Å². The van der Waals surface area contributed by atoms with Crippen LogP contribution in [0.4, 0.5) is 5.69 Å². The smallest absolute Gasteiger partial charge is 0.224 e. The molecule has 4 rings (SSSR count). The zero-order chi connectivity index (χ0) is 18.5. The van der Waals surface area contributed by atoms with E-state index in [1.54, 1.807) is 0 Å². The summed E-state index contributed by atoms with van der Waals surface area (Å²) in [6.45, 7) is 2.93. The van der Waals surface area contributed by atoms with Gasteiger partial charge in [0.15, 0.2) is 0 Å². The fourth-order valence-electron chi connectivity index (χ4n) is 3.76. The van der Waals surface area contributed by atoms with Crippen molar-refractivity contribution < 1.29 is 4.79 Å². The van der Waals surface area contributed by atoms with Crippen molar-refractivity contribution in [3.05, 3.63) is 60.4 Å². The fourth-order valence-corrected chi connectivity index (χ4v) is 3.76. The molecular weight excluding hydrogens is 407 g/mol. The van der Waals surface area contributed by atoms with E-state index in [1.165, 1.54) is 18.4 Å². The molecule has 0 spiro atoms. The minimum atomic E-state index is 0. The molecule has 2 heterocycles. The van der Waals surface area contributed by atoms with Gasteiger partial charge in [0.1, 0.15) is 0 Å². The summed E-state index contributed by atoms with van der Waals surface area (Å²) in [5, 5.41) is 6.39. The second kappa shape index (κ2) is 11.2. The van der Waals surface area contributed by atoms with Gasteiger partial charge in [0, 0.05) is 18.7 Å². The summed E-state index contributed by atoms with van der Waals surface area (Å²) in [5.74, 6) is 0.797. The van der Waals surface area contributed by atoms with Crippen molar-refractivity contribution in [2.45, 2.75) is 32.2 Å². The number of benzene rings is 2. The lowest BCUT2D eigenvalue weighted by atomic mass is 9.93. The molecule has 0 bridgehead atoms. The summed E-state index contributed by atoms with van der Waals surface area (Å²) in [5.41, 5.74) is 4.19. The van der Waals surface area contributed by atoms with Crippen molar-refractivity contribution in [1.82, 2.24) is 14.9 Å². The van der Waals surface area contributed by atoms with Gasteiger partial charge in [-0.2, -0.15) is 0 Å². The van der Waals surface area contributed by atoms with E-state index in [0.29, 0.717) is 12.3 Å². The number of nitrogens with one attached hydrogen (secondary N) is 2. The number of hydrogen-bond donors (Lipinski definition) is 2. The average molecular weight is 435 g/mol. The number of imidazole rings is 1. The SMILES string of the molecule is Cl.Cl.O=C(CCC1CCNCC1)Nc1ccc(Cn2cnc3ccccc32)cc1. The highest BCUT2D eigenvalue weighted by atomic mass is 35.5. The van der Waals surface area contributed by atoms with Gasteiger partial charge in [-0.05, 0) is 68.1 Å². The number of nitrogens with zero attached hydrogens (tertiary/aromatic N) is 2. The number of amides is 1. The van der Waals surface area contributed by atoms with Gasteiger partial charge in [0.25, 0.3) is 0 Å². The summed E-state index contributed by atoms with van der Waals surface area (Å²) in [6.07, 6.45) is 5.84. The molecule has 5 nitrogen and oxygen atoms in total. The Balaban J connectivity index is 0.00000150. The topological polar surface area (TPSA) is 59.0 Å². The molecule has 2 aromatic carbocycles. The molecule has 1 aliphatic heterocycles. The highest BCUT2D eigenvalue weighted by Gasteiger charge is 2.14. The quantitative estimate of drug-likeness (QED) is 0.593. The highest BCUT2D eigenvalue weighted by molar-refractivity contribution is 5.90. The Kier molecular flexibility index (Phi) is 8.96. The van der Waals surface area contributed by atoms with Gasteiger partial charge >= 0.3 is 0 Å². The first-order valence-electron chi connectivity index (χ1n) is 9.77. The third kappa shape index (κ3) is 6.20. The van der Waals surface area contributed by atoms with Crippen molar-refractivity contribution in [2.75, 3.05) is 18.4 Å². The number of hydrogen-bond acceptors (Lipinski definition) is 3. The number of rotatable bonds is 6.